The third-order valence-electron chi connectivity index (χ3n) is 2.46. The Morgan fingerprint density at radius 1 is 1.56 bits per heavy atom. The molecular formula is C14H16ClNO2. The van der Waals surface area contributed by atoms with Crippen molar-refractivity contribution in [1.29, 1.82) is 0 Å². The molecule has 1 aromatic rings. The zero-order valence-electron chi connectivity index (χ0n) is 10.6. The largest absolute Gasteiger partial charge is 0.496 e. The molecule has 0 aliphatic rings. The van der Waals surface area contributed by atoms with E-state index >= 15 is 0 Å². The summed E-state index contributed by atoms with van der Waals surface area (Å²) in [5.74, 6) is 2.82. The number of methoxy groups -OCH3 is 1. The molecule has 3 nitrogen and oxygen atoms in total. The van der Waals surface area contributed by atoms with Crippen LogP contribution in [0.2, 0.25) is 5.02 Å². The van der Waals surface area contributed by atoms with Crippen molar-refractivity contribution in [2.45, 2.75) is 13.3 Å². The number of amides is 1. The number of benzene rings is 1. The summed E-state index contributed by atoms with van der Waals surface area (Å²) in [5, 5.41) is 0.530. The van der Waals surface area contributed by atoms with Gasteiger partial charge in [0.05, 0.1) is 19.2 Å². The lowest BCUT2D eigenvalue weighted by atomic mass is 10.1. The average Bonchev–Trinajstić information content (AvgIpc) is 2.37. The molecule has 0 bridgehead atoms. The number of halogens is 1. The van der Waals surface area contributed by atoms with Gasteiger partial charge in [0.15, 0.2) is 0 Å². The lowest BCUT2D eigenvalue weighted by Crippen LogP contribution is -2.32. The lowest BCUT2D eigenvalue weighted by Gasteiger charge is -2.20. The maximum atomic E-state index is 12.3. The Hall–Kier alpha value is -1.66. The third kappa shape index (κ3) is 3.41. The first-order chi connectivity index (χ1) is 8.63. The van der Waals surface area contributed by atoms with E-state index in [0.29, 0.717) is 29.4 Å². The van der Waals surface area contributed by atoms with Crippen LogP contribution < -0.4 is 4.74 Å². The van der Waals surface area contributed by atoms with Crippen molar-refractivity contribution in [3.05, 3.63) is 28.8 Å². The van der Waals surface area contributed by atoms with Gasteiger partial charge in [0.1, 0.15) is 5.75 Å². The van der Waals surface area contributed by atoms with Gasteiger partial charge in [-0.25, -0.2) is 0 Å². The standard InChI is InChI=1S/C14H16ClNO2/c1-4-8-16(9-5-2)14(17)12-7-6-11(15)10-13(12)18-3/h1,6-7,10H,5,8-9H2,2-3H3. The van der Waals surface area contributed by atoms with Gasteiger partial charge >= 0.3 is 0 Å². The van der Waals surface area contributed by atoms with Gasteiger partial charge in [-0.1, -0.05) is 24.4 Å². The van der Waals surface area contributed by atoms with E-state index in [1.165, 1.54) is 7.11 Å². The topological polar surface area (TPSA) is 29.5 Å². The summed E-state index contributed by atoms with van der Waals surface area (Å²) in [7, 11) is 1.51. The normalized spacial score (nSPS) is 9.67. The van der Waals surface area contributed by atoms with E-state index < -0.39 is 0 Å². The fourth-order valence-corrected chi connectivity index (χ4v) is 1.81. The van der Waals surface area contributed by atoms with Gasteiger partial charge < -0.3 is 9.64 Å². The highest BCUT2D eigenvalue weighted by atomic mass is 35.5. The second kappa shape index (κ2) is 6.93. The minimum absolute atomic E-state index is 0.136. The predicted octanol–water partition coefficient (Wildman–Crippen LogP) is 2.83. The van der Waals surface area contributed by atoms with Gasteiger partial charge in [0.2, 0.25) is 0 Å². The van der Waals surface area contributed by atoms with Gasteiger partial charge in [-0.05, 0) is 24.6 Å². The molecule has 0 heterocycles. The second-order valence-electron chi connectivity index (χ2n) is 3.78. The quantitative estimate of drug-likeness (QED) is 0.766. The Morgan fingerprint density at radius 3 is 2.83 bits per heavy atom. The molecule has 96 valence electrons. The van der Waals surface area contributed by atoms with Gasteiger partial charge in [-0.2, -0.15) is 0 Å². The summed E-state index contributed by atoms with van der Waals surface area (Å²) in [6.07, 6.45) is 6.12. The summed E-state index contributed by atoms with van der Waals surface area (Å²) in [6, 6.07) is 4.94. The van der Waals surface area contributed by atoms with Crippen molar-refractivity contribution in [3.8, 4) is 18.1 Å². The van der Waals surface area contributed by atoms with E-state index in [9.17, 15) is 4.79 Å². The SMILES string of the molecule is C#CCN(CCC)C(=O)c1ccc(Cl)cc1OC. The highest BCUT2D eigenvalue weighted by Crippen LogP contribution is 2.24. The molecule has 18 heavy (non-hydrogen) atoms. The van der Waals surface area contributed by atoms with Gasteiger partial charge in [-0.15, -0.1) is 6.42 Å². The van der Waals surface area contributed by atoms with Crippen LogP contribution in [0.25, 0.3) is 0 Å². The Bertz CT molecular complexity index is 465. The molecular weight excluding hydrogens is 250 g/mol. The van der Waals surface area contributed by atoms with Crippen LogP contribution in [0.3, 0.4) is 0 Å². The van der Waals surface area contributed by atoms with E-state index in [2.05, 4.69) is 5.92 Å². The Morgan fingerprint density at radius 2 is 2.28 bits per heavy atom. The van der Waals surface area contributed by atoms with E-state index in [-0.39, 0.29) is 5.91 Å². The van der Waals surface area contributed by atoms with Crippen LogP contribution in [0.1, 0.15) is 23.7 Å². The molecule has 0 radical (unpaired) electrons. The van der Waals surface area contributed by atoms with Gasteiger partial charge in [-0.3, -0.25) is 4.79 Å². The van der Waals surface area contributed by atoms with Crippen LogP contribution in [0.4, 0.5) is 0 Å². The third-order valence-corrected chi connectivity index (χ3v) is 2.69. The number of hydrogen-bond donors (Lipinski definition) is 0. The van der Waals surface area contributed by atoms with Crippen LogP contribution in [0.5, 0.6) is 5.75 Å². The highest BCUT2D eigenvalue weighted by Gasteiger charge is 2.18. The minimum Gasteiger partial charge on any atom is -0.496 e. The summed E-state index contributed by atoms with van der Waals surface area (Å²) < 4.78 is 5.17. The molecule has 0 saturated carbocycles. The summed E-state index contributed by atoms with van der Waals surface area (Å²) in [6.45, 7) is 2.91. The van der Waals surface area contributed by atoms with E-state index in [0.717, 1.165) is 6.42 Å². The smallest absolute Gasteiger partial charge is 0.258 e. The molecule has 0 spiro atoms. The number of hydrogen-bond acceptors (Lipinski definition) is 2. The van der Waals surface area contributed by atoms with Gasteiger partial charge in [0.25, 0.3) is 5.91 Å². The summed E-state index contributed by atoms with van der Waals surface area (Å²) in [5.41, 5.74) is 0.477. The zero-order valence-corrected chi connectivity index (χ0v) is 11.3. The van der Waals surface area contributed by atoms with E-state index in [4.69, 9.17) is 22.8 Å². The molecule has 0 aromatic heterocycles. The molecule has 0 N–H and O–H groups in total. The molecule has 1 aromatic carbocycles. The van der Waals surface area contributed by atoms with Crippen LogP contribution in [-0.4, -0.2) is 31.0 Å². The number of nitrogens with zero attached hydrogens (tertiary/aromatic N) is 1. The number of carbonyl (C=O) groups is 1. The molecule has 0 atom stereocenters. The molecule has 1 rings (SSSR count). The second-order valence-corrected chi connectivity index (χ2v) is 4.21. The Labute approximate surface area is 113 Å². The molecule has 0 saturated heterocycles. The van der Waals surface area contributed by atoms with Crippen molar-refractivity contribution in [1.82, 2.24) is 4.90 Å². The Balaban J connectivity index is 3.04. The fourth-order valence-electron chi connectivity index (χ4n) is 1.64. The minimum atomic E-state index is -0.136. The number of terminal acetylenes is 1. The molecule has 0 aliphatic carbocycles. The zero-order chi connectivity index (χ0) is 13.5. The molecule has 4 heteroatoms. The number of carbonyl (C=O) groups excluding carboxylic acids is 1. The summed E-state index contributed by atoms with van der Waals surface area (Å²) >= 11 is 5.86. The predicted molar refractivity (Wildman–Crippen MR) is 73.0 cm³/mol. The highest BCUT2D eigenvalue weighted by molar-refractivity contribution is 6.30. The number of ether oxygens (including phenoxy) is 1. The van der Waals surface area contributed by atoms with Crippen LogP contribution in [0.15, 0.2) is 18.2 Å². The van der Waals surface area contributed by atoms with Crippen molar-refractivity contribution >= 4 is 17.5 Å². The molecule has 0 fully saturated rings. The Kier molecular flexibility index (Phi) is 5.54. The maximum Gasteiger partial charge on any atom is 0.258 e. The monoisotopic (exact) mass is 265 g/mol. The molecule has 1 amide bonds. The van der Waals surface area contributed by atoms with Crippen LogP contribution in [-0.2, 0) is 0 Å². The molecule has 0 unspecified atom stereocenters. The first kappa shape index (κ1) is 14.4. The average molecular weight is 266 g/mol. The van der Waals surface area contributed by atoms with Gasteiger partial charge in [0, 0.05) is 11.6 Å². The van der Waals surface area contributed by atoms with Crippen molar-refractivity contribution < 1.29 is 9.53 Å². The summed E-state index contributed by atoms with van der Waals surface area (Å²) in [4.78, 5) is 13.9. The fraction of sp³-hybridized carbons (Fsp3) is 0.357. The first-order valence-corrected chi connectivity index (χ1v) is 6.08. The van der Waals surface area contributed by atoms with Crippen molar-refractivity contribution in [2.24, 2.45) is 0 Å². The number of rotatable bonds is 5. The van der Waals surface area contributed by atoms with E-state index in [1.807, 2.05) is 6.92 Å². The van der Waals surface area contributed by atoms with Crippen molar-refractivity contribution in [3.63, 3.8) is 0 Å². The van der Waals surface area contributed by atoms with Crippen LogP contribution in [0, 0.1) is 12.3 Å². The van der Waals surface area contributed by atoms with E-state index in [1.54, 1.807) is 23.1 Å². The van der Waals surface area contributed by atoms with Crippen LogP contribution >= 0.6 is 11.6 Å². The maximum absolute atomic E-state index is 12.3. The lowest BCUT2D eigenvalue weighted by molar-refractivity contribution is 0.0773. The molecule has 0 aliphatic heterocycles. The first-order valence-electron chi connectivity index (χ1n) is 5.70. The van der Waals surface area contributed by atoms with Crippen molar-refractivity contribution in [2.75, 3.05) is 20.2 Å².